The Bertz CT molecular complexity index is 458. The Morgan fingerprint density at radius 3 is 2.57 bits per heavy atom. The number of ether oxygens (including phenoxy) is 1. The zero-order valence-electron chi connectivity index (χ0n) is 13.2. The first-order valence-corrected chi connectivity index (χ1v) is 7.24. The van der Waals surface area contributed by atoms with E-state index in [4.69, 9.17) is 4.74 Å². The van der Waals surface area contributed by atoms with Gasteiger partial charge in [-0.3, -0.25) is 0 Å². The van der Waals surface area contributed by atoms with Gasteiger partial charge in [0.25, 0.3) is 0 Å². The minimum Gasteiger partial charge on any atom is -0.444 e. The van der Waals surface area contributed by atoms with Gasteiger partial charge < -0.3 is 15.4 Å². The van der Waals surface area contributed by atoms with Crippen molar-refractivity contribution in [1.29, 1.82) is 0 Å². The summed E-state index contributed by atoms with van der Waals surface area (Å²) in [5.41, 5.74) is 0.166. The maximum atomic E-state index is 13.6. The first kappa shape index (κ1) is 17.4. The van der Waals surface area contributed by atoms with Crippen LogP contribution in [0.25, 0.3) is 0 Å². The van der Waals surface area contributed by atoms with Gasteiger partial charge in [0.05, 0.1) is 0 Å². The van der Waals surface area contributed by atoms with Crippen LogP contribution in [0.15, 0.2) is 24.3 Å². The fourth-order valence-electron chi connectivity index (χ4n) is 1.85. The average Bonchev–Trinajstić information content (AvgIpc) is 2.36. The molecule has 21 heavy (non-hydrogen) atoms. The zero-order chi connectivity index (χ0) is 15.9. The molecule has 5 heteroatoms. The van der Waals surface area contributed by atoms with E-state index in [1.807, 2.05) is 33.8 Å². The molecule has 2 N–H and O–H groups in total. The van der Waals surface area contributed by atoms with Crippen LogP contribution in [-0.4, -0.2) is 24.8 Å². The molecule has 0 spiro atoms. The fourth-order valence-corrected chi connectivity index (χ4v) is 1.85. The van der Waals surface area contributed by atoms with Gasteiger partial charge in [0, 0.05) is 18.2 Å². The second-order valence-corrected chi connectivity index (χ2v) is 5.98. The number of carbonyl (C=O) groups excluding carboxylic acids is 1. The van der Waals surface area contributed by atoms with Gasteiger partial charge in [-0.2, -0.15) is 0 Å². The zero-order valence-corrected chi connectivity index (χ0v) is 13.2. The van der Waals surface area contributed by atoms with E-state index >= 15 is 0 Å². The van der Waals surface area contributed by atoms with E-state index in [0.717, 1.165) is 6.42 Å². The molecule has 118 valence electrons. The van der Waals surface area contributed by atoms with Crippen LogP contribution >= 0.6 is 0 Å². The number of amides is 1. The van der Waals surface area contributed by atoms with E-state index in [0.29, 0.717) is 18.7 Å². The molecule has 0 saturated carbocycles. The van der Waals surface area contributed by atoms with Crippen LogP contribution in [0.1, 0.15) is 45.7 Å². The summed E-state index contributed by atoms with van der Waals surface area (Å²) in [7, 11) is 0. The van der Waals surface area contributed by atoms with Gasteiger partial charge >= 0.3 is 6.09 Å². The van der Waals surface area contributed by atoms with Crippen molar-refractivity contribution < 1.29 is 13.9 Å². The number of carbonyl (C=O) groups is 1. The highest BCUT2D eigenvalue weighted by molar-refractivity contribution is 5.67. The molecule has 0 unspecified atom stereocenters. The molecule has 0 aliphatic carbocycles. The SMILES string of the molecule is C[C@@H](NCCCNC(=O)OC(C)(C)C)c1ccccc1F. The molecule has 4 nitrogen and oxygen atoms in total. The molecule has 1 atom stereocenters. The topological polar surface area (TPSA) is 50.4 Å². The lowest BCUT2D eigenvalue weighted by Crippen LogP contribution is -2.34. The Labute approximate surface area is 126 Å². The van der Waals surface area contributed by atoms with Gasteiger partial charge in [0.1, 0.15) is 11.4 Å². The molecule has 0 aliphatic heterocycles. The summed E-state index contributed by atoms with van der Waals surface area (Å²) in [5.74, 6) is -0.204. The lowest BCUT2D eigenvalue weighted by molar-refractivity contribution is 0.0527. The summed E-state index contributed by atoms with van der Waals surface area (Å²) in [5, 5.41) is 5.92. The van der Waals surface area contributed by atoms with E-state index < -0.39 is 11.7 Å². The maximum Gasteiger partial charge on any atom is 0.407 e. The van der Waals surface area contributed by atoms with Crippen LogP contribution in [0.5, 0.6) is 0 Å². The summed E-state index contributed by atoms with van der Waals surface area (Å²) in [6.45, 7) is 8.59. The summed E-state index contributed by atoms with van der Waals surface area (Å²) < 4.78 is 18.7. The molecule has 0 radical (unpaired) electrons. The van der Waals surface area contributed by atoms with Crippen molar-refractivity contribution in [3.8, 4) is 0 Å². The highest BCUT2D eigenvalue weighted by Crippen LogP contribution is 2.15. The lowest BCUT2D eigenvalue weighted by Gasteiger charge is -2.20. The summed E-state index contributed by atoms with van der Waals surface area (Å²) in [6.07, 6.45) is 0.336. The summed E-state index contributed by atoms with van der Waals surface area (Å²) in [4.78, 5) is 11.4. The largest absolute Gasteiger partial charge is 0.444 e. The number of benzene rings is 1. The van der Waals surface area contributed by atoms with Gasteiger partial charge in [-0.05, 0) is 46.7 Å². The molecule has 0 bridgehead atoms. The first-order chi connectivity index (χ1) is 9.79. The van der Waals surface area contributed by atoms with Gasteiger partial charge in [0.2, 0.25) is 0 Å². The lowest BCUT2D eigenvalue weighted by atomic mass is 10.1. The Morgan fingerprint density at radius 1 is 1.29 bits per heavy atom. The van der Waals surface area contributed by atoms with E-state index in [1.54, 1.807) is 12.1 Å². The molecule has 1 rings (SSSR count). The third-order valence-corrected chi connectivity index (χ3v) is 2.84. The van der Waals surface area contributed by atoms with Gasteiger partial charge in [-0.25, -0.2) is 9.18 Å². The third kappa shape index (κ3) is 7.09. The molecule has 0 saturated heterocycles. The number of hydrogen-bond donors (Lipinski definition) is 2. The van der Waals surface area contributed by atoms with Crippen molar-refractivity contribution in [2.45, 2.75) is 45.8 Å². The number of hydrogen-bond acceptors (Lipinski definition) is 3. The van der Waals surface area contributed by atoms with E-state index in [2.05, 4.69) is 10.6 Å². The first-order valence-electron chi connectivity index (χ1n) is 7.24. The highest BCUT2D eigenvalue weighted by Gasteiger charge is 2.15. The summed E-state index contributed by atoms with van der Waals surface area (Å²) in [6, 6.07) is 6.66. The summed E-state index contributed by atoms with van der Waals surface area (Å²) >= 11 is 0. The van der Waals surface area contributed by atoms with Crippen molar-refractivity contribution in [3.63, 3.8) is 0 Å². The minimum absolute atomic E-state index is 0.0623. The van der Waals surface area contributed by atoms with Crippen LogP contribution in [-0.2, 0) is 4.74 Å². The van der Waals surface area contributed by atoms with E-state index in [1.165, 1.54) is 6.07 Å². The van der Waals surface area contributed by atoms with Crippen molar-refractivity contribution >= 4 is 6.09 Å². The monoisotopic (exact) mass is 296 g/mol. The Morgan fingerprint density at radius 2 is 1.95 bits per heavy atom. The van der Waals surface area contributed by atoms with Crippen LogP contribution < -0.4 is 10.6 Å². The van der Waals surface area contributed by atoms with Crippen molar-refractivity contribution in [1.82, 2.24) is 10.6 Å². The standard InChI is InChI=1S/C16H25FN2O2/c1-12(13-8-5-6-9-14(13)17)18-10-7-11-19-15(20)21-16(2,3)4/h5-6,8-9,12,18H,7,10-11H2,1-4H3,(H,19,20)/t12-/m1/s1. The average molecular weight is 296 g/mol. The number of halogens is 1. The fraction of sp³-hybridized carbons (Fsp3) is 0.562. The molecular weight excluding hydrogens is 271 g/mol. The van der Waals surface area contributed by atoms with Gasteiger partial charge in [-0.1, -0.05) is 18.2 Å². The van der Waals surface area contributed by atoms with Crippen molar-refractivity contribution in [2.24, 2.45) is 0 Å². The number of rotatable bonds is 6. The number of nitrogens with one attached hydrogen (secondary N) is 2. The Hall–Kier alpha value is -1.62. The molecule has 1 aromatic carbocycles. The molecule has 0 aromatic heterocycles. The smallest absolute Gasteiger partial charge is 0.407 e. The normalized spacial score (nSPS) is 12.8. The molecule has 0 aliphatic rings. The molecule has 1 aromatic rings. The highest BCUT2D eigenvalue weighted by atomic mass is 19.1. The van der Waals surface area contributed by atoms with E-state index in [9.17, 15) is 9.18 Å². The van der Waals surface area contributed by atoms with Crippen molar-refractivity contribution in [2.75, 3.05) is 13.1 Å². The van der Waals surface area contributed by atoms with Crippen LogP contribution in [0.4, 0.5) is 9.18 Å². The molecule has 1 amide bonds. The number of alkyl carbamates (subject to hydrolysis) is 1. The Balaban J connectivity index is 2.20. The Kier molecular flexibility index (Phi) is 6.62. The van der Waals surface area contributed by atoms with E-state index in [-0.39, 0.29) is 11.9 Å². The molecule has 0 fully saturated rings. The predicted octanol–water partition coefficient (Wildman–Crippen LogP) is 3.39. The van der Waals surface area contributed by atoms with Crippen LogP contribution in [0.2, 0.25) is 0 Å². The van der Waals surface area contributed by atoms with Gasteiger partial charge in [-0.15, -0.1) is 0 Å². The predicted molar refractivity (Wildman–Crippen MR) is 81.7 cm³/mol. The molecular formula is C16H25FN2O2. The quantitative estimate of drug-likeness (QED) is 0.791. The van der Waals surface area contributed by atoms with Crippen LogP contribution in [0, 0.1) is 5.82 Å². The minimum atomic E-state index is -0.484. The third-order valence-electron chi connectivity index (χ3n) is 2.84. The molecule has 0 heterocycles. The van der Waals surface area contributed by atoms with Gasteiger partial charge in [0.15, 0.2) is 0 Å². The van der Waals surface area contributed by atoms with Crippen LogP contribution in [0.3, 0.4) is 0 Å². The maximum absolute atomic E-state index is 13.6. The second kappa shape index (κ2) is 7.98. The van der Waals surface area contributed by atoms with Crippen molar-refractivity contribution in [3.05, 3.63) is 35.6 Å². The second-order valence-electron chi connectivity index (χ2n) is 5.98.